The standard InChI is InChI=1S/C11H17NO5/c1-16-7-5-12(4-6-13)8-9-2-3-10(17-9)11(14)15/h2-3,13H,4-8H2,1H3,(H,14,15). The minimum absolute atomic E-state index is 0.0379. The van der Waals surface area contributed by atoms with Gasteiger partial charge in [-0.25, -0.2) is 4.79 Å². The van der Waals surface area contributed by atoms with E-state index < -0.39 is 5.97 Å². The quantitative estimate of drug-likeness (QED) is 0.688. The van der Waals surface area contributed by atoms with Crippen molar-refractivity contribution in [3.05, 3.63) is 23.7 Å². The van der Waals surface area contributed by atoms with Gasteiger partial charge in [0, 0.05) is 20.2 Å². The van der Waals surface area contributed by atoms with Gasteiger partial charge in [0.05, 0.1) is 19.8 Å². The molecule has 0 fully saturated rings. The SMILES string of the molecule is COCCN(CCO)Cc1ccc(C(=O)O)o1. The highest BCUT2D eigenvalue weighted by Crippen LogP contribution is 2.10. The van der Waals surface area contributed by atoms with Crippen LogP contribution in [-0.2, 0) is 11.3 Å². The van der Waals surface area contributed by atoms with E-state index in [0.717, 1.165) is 0 Å². The van der Waals surface area contributed by atoms with Crippen LogP contribution in [0, 0.1) is 0 Å². The maximum atomic E-state index is 10.6. The van der Waals surface area contributed by atoms with Crippen molar-refractivity contribution in [1.82, 2.24) is 4.90 Å². The second-order valence-electron chi connectivity index (χ2n) is 3.56. The number of hydrogen-bond donors (Lipinski definition) is 2. The highest BCUT2D eigenvalue weighted by Gasteiger charge is 2.12. The Kier molecular flexibility index (Phi) is 5.68. The number of nitrogens with zero attached hydrogens (tertiary/aromatic N) is 1. The van der Waals surface area contributed by atoms with Crippen LogP contribution in [0.4, 0.5) is 0 Å². The molecule has 0 aliphatic rings. The lowest BCUT2D eigenvalue weighted by atomic mass is 10.3. The van der Waals surface area contributed by atoms with E-state index in [1.165, 1.54) is 6.07 Å². The Morgan fingerprint density at radius 1 is 1.47 bits per heavy atom. The first-order valence-corrected chi connectivity index (χ1v) is 5.31. The topological polar surface area (TPSA) is 83.1 Å². The molecule has 1 aromatic rings. The first-order valence-electron chi connectivity index (χ1n) is 5.31. The smallest absolute Gasteiger partial charge is 0.371 e. The molecule has 0 amide bonds. The van der Waals surface area contributed by atoms with Crippen molar-refractivity contribution in [3.63, 3.8) is 0 Å². The van der Waals surface area contributed by atoms with Crippen LogP contribution < -0.4 is 0 Å². The number of carboxylic acid groups (broad SMARTS) is 1. The molecule has 0 atom stereocenters. The zero-order chi connectivity index (χ0) is 12.7. The van der Waals surface area contributed by atoms with Gasteiger partial charge < -0.3 is 19.4 Å². The van der Waals surface area contributed by atoms with Gasteiger partial charge in [0.2, 0.25) is 5.76 Å². The lowest BCUT2D eigenvalue weighted by Gasteiger charge is -2.19. The summed E-state index contributed by atoms with van der Waals surface area (Å²) in [6.07, 6.45) is 0. The van der Waals surface area contributed by atoms with Crippen molar-refractivity contribution in [3.8, 4) is 0 Å². The van der Waals surface area contributed by atoms with Gasteiger partial charge >= 0.3 is 5.97 Å². The molecule has 2 N–H and O–H groups in total. The third kappa shape index (κ3) is 4.56. The fourth-order valence-corrected chi connectivity index (χ4v) is 1.43. The molecule has 1 heterocycles. The highest BCUT2D eigenvalue weighted by molar-refractivity contribution is 5.84. The molecule has 0 radical (unpaired) electrons. The highest BCUT2D eigenvalue weighted by atomic mass is 16.5. The van der Waals surface area contributed by atoms with Crippen LogP contribution >= 0.6 is 0 Å². The van der Waals surface area contributed by atoms with Crippen LogP contribution in [0.15, 0.2) is 16.5 Å². The van der Waals surface area contributed by atoms with Crippen molar-refractivity contribution in [2.45, 2.75) is 6.54 Å². The molecule has 96 valence electrons. The predicted molar refractivity (Wildman–Crippen MR) is 59.9 cm³/mol. The first kappa shape index (κ1) is 13.7. The summed E-state index contributed by atoms with van der Waals surface area (Å²) >= 11 is 0. The first-order chi connectivity index (χ1) is 8.17. The van der Waals surface area contributed by atoms with Gasteiger partial charge in [-0.15, -0.1) is 0 Å². The van der Waals surface area contributed by atoms with E-state index in [1.54, 1.807) is 13.2 Å². The van der Waals surface area contributed by atoms with E-state index >= 15 is 0 Å². The fourth-order valence-electron chi connectivity index (χ4n) is 1.43. The maximum absolute atomic E-state index is 10.6. The molecule has 6 nitrogen and oxygen atoms in total. The number of furan rings is 1. The van der Waals surface area contributed by atoms with Gasteiger partial charge in [0.15, 0.2) is 0 Å². The number of aliphatic hydroxyl groups is 1. The summed E-state index contributed by atoms with van der Waals surface area (Å²) in [4.78, 5) is 12.6. The van der Waals surface area contributed by atoms with Crippen molar-refractivity contribution >= 4 is 5.97 Å². The monoisotopic (exact) mass is 243 g/mol. The lowest BCUT2D eigenvalue weighted by molar-refractivity contribution is 0.0656. The number of methoxy groups -OCH3 is 1. The van der Waals surface area contributed by atoms with Gasteiger partial charge in [-0.1, -0.05) is 0 Å². The Labute approximate surface area is 99.4 Å². The van der Waals surface area contributed by atoms with Crippen LogP contribution in [0.3, 0.4) is 0 Å². The van der Waals surface area contributed by atoms with Crippen LogP contribution in [0.5, 0.6) is 0 Å². The number of carboxylic acids is 1. The van der Waals surface area contributed by atoms with Crippen LogP contribution in [0.2, 0.25) is 0 Å². The molecule has 0 aromatic carbocycles. The van der Waals surface area contributed by atoms with E-state index in [9.17, 15) is 4.79 Å². The lowest BCUT2D eigenvalue weighted by Crippen LogP contribution is -2.29. The molecule has 0 saturated heterocycles. The molecular weight excluding hydrogens is 226 g/mol. The average Bonchev–Trinajstić information content (AvgIpc) is 2.75. The molecule has 1 rings (SSSR count). The van der Waals surface area contributed by atoms with E-state index in [-0.39, 0.29) is 12.4 Å². The number of ether oxygens (including phenoxy) is 1. The number of rotatable bonds is 8. The van der Waals surface area contributed by atoms with E-state index in [4.69, 9.17) is 19.4 Å². The second-order valence-corrected chi connectivity index (χ2v) is 3.56. The van der Waals surface area contributed by atoms with Gasteiger partial charge in [0.25, 0.3) is 0 Å². The summed E-state index contributed by atoms with van der Waals surface area (Å²) in [6.45, 7) is 2.19. The van der Waals surface area contributed by atoms with E-state index in [1.807, 2.05) is 4.90 Å². The normalized spacial score (nSPS) is 11.0. The summed E-state index contributed by atoms with van der Waals surface area (Å²) in [6, 6.07) is 3.05. The third-order valence-electron chi connectivity index (χ3n) is 2.28. The Morgan fingerprint density at radius 3 is 2.76 bits per heavy atom. The summed E-state index contributed by atoms with van der Waals surface area (Å²) in [7, 11) is 1.60. The Bertz CT molecular complexity index is 349. The maximum Gasteiger partial charge on any atom is 0.371 e. The molecule has 0 aliphatic heterocycles. The molecule has 0 spiro atoms. The Morgan fingerprint density at radius 2 is 2.24 bits per heavy atom. The van der Waals surface area contributed by atoms with Crippen LogP contribution in [0.25, 0.3) is 0 Å². The average molecular weight is 243 g/mol. The molecule has 0 saturated carbocycles. The molecule has 0 aliphatic carbocycles. The van der Waals surface area contributed by atoms with Gasteiger partial charge in [-0.2, -0.15) is 0 Å². The molecule has 1 aromatic heterocycles. The number of carbonyl (C=O) groups is 1. The van der Waals surface area contributed by atoms with Gasteiger partial charge in [-0.3, -0.25) is 4.90 Å². The van der Waals surface area contributed by atoms with Crippen LogP contribution in [0.1, 0.15) is 16.3 Å². The summed E-state index contributed by atoms with van der Waals surface area (Å²) in [5.74, 6) is -0.593. The van der Waals surface area contributed by atoms with Crippen molar-refractivity contribution in [2.75, 3.05) is 33.4 Å². The van der Waals surface area contributed by atoms with Gasteiger partial charge in [0.1, 0.15) is 5.76 Å². The molecular formula is C11H17NO5. The zero-order valence-electron chi connectivity index (χ0n) is 9.76. The third-order valence-corrected chi connectivity index (χ3v) is 2.28. The largest absolute Gasteiger partial charge is 0.475 e. The van der Waals surface area contributed by atoms with Crippen molar-refractivity contribution in [1.29, 1.82) is 0 Å². The minimum Gasteiger partial charge on any atom is -0.475 e. The molecule has 6 heteroatoms. The predicted octanol–water partition coefficient (Wildman–Crippen LogP) is 0.419. The summed E-state index contributed by atoms with van der Waals surface area (Å²) in [5.41, 5.74) is 0. The zero-order valence-corrected chi connectivity index (χ0v) is 9.76. The minimum atomic E-state index is -1.08. The second kappa shape index (κ2) is 7.05. The summed E-state index contributed by atoms with van der Waals surface area (Å²) in [5, 5.41) is 17.6. The fraction of sp³-hybridized carbons (Fsp3) is 0.545. The molecule has 17 heavy (non-hydrogen) atoms. The molecule has 0 unspecified atom stereocenters. The van der Waals surface area contributed by atoms with Crippen LogP contribution in [-0.4, -0.2) is 54.5 Å². The number of aliphatic hydroxyl groups excluding tert-OH is 1. The van der Waals surface area contributed by atoms with Gasteiger partial charge in [-0.05, 0) is 12.1 Å². The van der Waals surface area contributed by atoms with Crippen molar-refractivity contribution in [2.24, 2.45) is 0 Å². The molecule has 0 bridgehead atoms. The van der Waals surface area contributed by atoms with Crippen molar-refractivity contribution < 1.29 is 24.2 Å². The number of hydrogen-bond acceptors (Lipinski definition) is 5. The van der Waals surface area contributed by atoms with E-state index in [2.05, 4.69) is 0 Å². The summed E-state index contributed by atoms with van der Waals surface area (Å²) < 4.78 is 10.1. The Hall–Kier alpha value is -1.37. The Balaban J connectivity index is 2.55. The number of aromatic carboxylic acids is 1. The van der Waals surface area contributed by atoms with E-state index in [0.29, 0.717) is 32.0 Å².